The van der Waals surface area contributed by atoms with Crippen molar-refractivity contribution in [1.82, 2.24) is 5.32 Å². The maximum absolute atomic E-state index is 13.6. The molecule has 0 radical (unpaired) electrons. The zero-order valence-corrected chi connectivity index (χ0v) is 12.3. The number of hydrogen-bond donors (Lipinski definition) is 2. The molecule has 112 valence electrons. The van der Waals surface area contributed by atoms with Crippen LogP contribution in [0.3, 0.4) is 0 Å². The predicted molar refractivity (Wildman–Crippen MR) is 76.9 cm³/mol. The first kappa shape index (κ1) is 16.4. The van der Waals surface area contributed by atoms with Crippen LogP contribution in [0, 0.1) is 5.82 Å². The molecule has 1 rings (SSSR count). The minimum atomic E-state index is -0.692. The minimum absolute atomic E-state index is 0.0306. The van der Waals surface area contributed by atoms with Crippen LogP contribution in [0.25, 0.3) is 0 Å². The summed E-state index contributed by atoms with van der Waals surface area (Å²) in [5.41, 5.74) is 5.79. The summed E-state index contributed by atoms with van der Waals surface area (Å²) in [6.07, 6.45) is 1.04. The zero-order chi connectivity index (χ0) is 15.1. The standard InChI is InChI=1S/C15H23FN2O2/c1-4-11(5-2)18-15(19)10(3)20-14-8-6-7-13(16)12(14)9-17/h6-8,10-11H,4-5,9,17H2,1-3H3,(H,18,19). The van der Waals surface area contributed by atoms with Crippen LogP contribution >= 0.6 is 0 Å². The average Bonchev–Trinajstić information content (AvgIpc) is 2.44. The first-order valence-electron chi connectivity index (χ1n) is 6.97. The van der Waals surface area contributed by atoms with E-state index in [-0.39, 0.29) is 24.1 Å². The van der Waals surface area contributed by atoms with Gasteiger partial charge >= 0.3 is 0 Å². The fourth-order valence-electron chi connectivity index (χ4n) is 1.90. The smallest absolute Gasteiger partial charge is 0.260 e. The van der Waals surface area contributed by atoms with Gasteiger partial charge in [-0.15, -0.1) is 0 Å². The molecule has 0 aliphatic heterocycles. The van der Waals surface area contributed by atoms with Gasteiger partial charge in [-0.1, -0.05) is 19.9 Å². The van der Waals surface area contributed by atoms with Crippen molar-refractivity contribution in [3.05, 3.63) is 29.6 Å². The fraction of sp³-hybridized carbons (Fsp3) is 0.533. The van der Waals surface area contributed by atoms with Crippen molar-refractivity contribution in [2.75, 3.05) is 0 Å². The van der Waals surface area contributed by atoms with E-state index in [2.05, 4.69) is 5.32 Å². The lowest BCUT2D eigenvalue weighted by atomic mass is 10.1. The zero-order valence-electron chi connectivity index (χ0n) is 12.3. The van der Waals surface area contributed by atoms with Crippen molar-refractivity contribution in [1.29, 1.82) is 0 Å². The molecule has 1 aromatic rings. The Balaban J connectivity index is 2.73. The molecule has 0 aliphatic rings. The highest BCUT2D eigenvalue weighted by Crippen LogP contribution is 2.22. The molecule has 4 nitrogen and oxygen atoms in total. The molecule has 0 spiro atoms. The van der Waals surface area contributed by atoms with Gasteiger partial charge in [-0.3, -0.25) is 4.79 Å². The van der Waals surface area contributed by atoms with Gasteiger partial charge in [-0.2, -0.15) is 0 Å². The number of halogens is 1. The van der Waals surface area contributed by atoms with Gasteiger partial charge in [-0.25, -0.2) is 4.39 Å². The Hall–Kier alpha value is -1.62. The highest BCUT2D eigenvalue weighted by molar-refractivity contribution is 5.81. The molecule has 0 bridgehead atoms. The molecule has 0 heterocycles. The Morgan fingerprint density at radius 1 is 1.40 bits per heavy atom. The summed E-state index contributed by atoms with van der Waals surface area (Å²) in [6, 6.07) is 4.61. The Morgan fingerprint density at radius 3 is 2.60 bits per heavy atom. The predicted octanol–water partition coefficient (Wildman–Crippen LogP) is 2.36. The molecule has 1 amide bonds. The second-order valence-electron chi connectivity index (χ2n) is 4.70. The molecular weight excluding hydrogens is 259 g/mol. The lowest BCUT2D eigenvalue weighted by Crippen LogP contribution is -2.42. The molecular formula is C15H23FN2O2. The van der Waals surface area contributed by atoms with Crippen LogP contribution in [-0.4, -0.2) is 18.1 Å². The molecule has 0 saturated heterocycles. The number of ether oxygens (including phenoxy) is 1. The van der Waals surface area contributed by atoms with E-state index in [0.29, 0.717) is 5.75 Å². The van der Waals surface area contributed by atoms with E-state index in [9.17, 15) is 9.18 Å². The number of hydrogen-bond acceptors (Lipinski definition) is 3. The molecule has 0 saturated carbocycles. The monoisotopic (exact) mass is 282 g/mol. The van der Waals surface area contributed by atoms with Crippen molar-refractivity contribution in [3.63, 3.8) is 0 Å². The third kappa shape index (κ3) is 4.20. The van der Waals surface area contributed by atoms with Gasteiger partial charge in [-0.05, 0) is 31.9 Å². The molecule has 1 unspecified atom stereocenters. The molecule has 1 atom stereocenters. The third-order valence-corrected chi connectivity index (χ3v) is 3.28. The summed E-state index contributed by atoms with van der Waals surface area (Å²) in [5.74, 6) is -0.303. The number of carbonyl (C=O) groups is 1. The summed E-state index contributed by atoms with van der Waals surface area (Å²) in [7, 11) is 0. The highest BCUT2D eigenvalue weighted by Gasteiger charge is 2.19. The van der Waals surface area contributed by atoms with E-state index in [0.717, 1.165) is 12.8 Å². The lowest BCUT2D eigenvalue weighted by molar-refractivity contribution is -0.128. The van der Waals surface area contributed by atoms with Gasteiger partial charge in [0.15, 0.2) is 6.10 Å². The number of benzene rings is 1. The van der Waals surface area contributed by atoms with Crippen molar-refractivity contribution < 1.29 is 13.9 Å². The number of carbonyl (C=O) groups excluding carboxylic acids is 1. The normalized spacial score (nSPS) is 12.3. The largest absolute Gasteiger partial charge is 0.480 e. The second kappa shape index (κ2) is 7.85. The van der Waals surface area contributed by atoms with Crippen LogP contribution in [0.1, 0.15) is 39.2 Å². The van der Waals surface area contributed by atoms with Crippen molar-refractivity contribution in [2.45, 2.75) is 52.3 Å². The molecule has 0 aromatic heterocycles. The first-order chi connectivity index (χ1) is 9.53. The van der Waals surface area contributed by atoms with Crippen LogP contribution in [0.4, 0.5) is 4.39 Å². The van der Waals surface area contributed by atoms with E-state index in [1.807, 2.05) is 13.8 Å². The first-order valence-corrected chi connectivity index (χ1v) is 6.97. The Bertz CT molecular complexity index is 447. The molecule has 1 aromatic carbocycles. The van der Waals surface area contributed by atoms with Crippen molar-refractivity contribution in [3.8, 4) is 5.75 Å². The number of rotatable bonds is 7. The van der Waals surface area contributed by atoms with Crippen LogP contribution in [-0.2, 0) is 11.3 Å². The van der Waals surface area contributed by atoms with Gasteiger partial charge < -0.3 is 15.8 Å². The maximum atomic E-state index is 13.6. The van der Waals surface area contributed by atoms with Gasteiger partial charge in [0.2, 0.25) is 0 Å². The summed E-state index contributed by atoms with van der Waals surface area (Å²) in [5, 5.41) is 2.90. The fourth-order valence-corrected chi connectivity index (χ4v) is 1.90. The van der Waals surface area contributed by atoms with E-state index < -0.39 is 11.9 Å². The van der Waals surface area contributed by atoms with Gasteiger partial charge in [0.25, 0.3) is 5.91 Å². The van der Waals surface area contributed by atoms with Gasteiger partial charge in [0.1, 0.15) is 11.6 Å². The second-order valence-corrected chi connectivity index (χ2v) is 4.70. The van der Waals surface area contributed by atoms with E-state index in [1.165, 1.54) is 12.1 Å². The van der Waals surface area contributed by atoms with Crippen LogP contribution in [0.5, 0.6) is 5.75 Å². The summed E-state index contributed by atoms with van der Waals surface area (Å²) < 4.78 is 19.1. The topological polar surface area (TPSA) is 64.3 Å². The quantitative estimate of drug-likeness (QED) is 0.807. The lowest BCUT2D eigenvalue weighted by Gasteiger charge is -2.20. The van der Waals surface area contributed by atoms with E-state index >= 15 is 0 Å². The minimum Gasteiger partial charge on any atom is -0.480 e. The van der Waals surface area contributed by atoms with Crippen molar-refractivity contribution in [2.24, 2.45) is 5.73 Å². The Kier molecular flexibility index (Phi) is 6.45. The average molecular weight is 282 g/mol. The maximum Gasteiger partial charge on any atom is 0.260 e. The summed E-state index contributed by atoms with van der Waals surface area (Å²) in [6.45, 7) is 5.70. The van der Waals surface area contributed by atoms with Crippen LogP contribution in [0.2, 0.25) is 0 Å². The van der Waals surface area contributed by atoms with Crippen LogP contribution < -0.4 is 15.8 Å². The third-order valence-electron chi connectivity index (χ3n) is 3.28. The molecule has 5 heteroatoms. The summed E-state index contributed by atoms with van der Waals surface area (Å²) in [4.78, 5) is 12.0. The molecule has 0 aliphatic carbocycles. The number of nitrogens with two attached hydrogens (primary N) is 1. The SMILES string of the molecule is CCC(CC)NC(=O)C(C)Oc1cccc(F)c1CN. The van der Waals surface area contributed by atoms with E-state index in [4.69, 9.17) is 10.5 Å². The van der Waals surface area contributed by atoms with Crippen molar-refractivity contribution >= 4 is 5.91 Å². The number of amides is 1. The Labute approximate surface area is 119 Å². The van der Waals surface area contributed by atoms with Crippen LogP contribution in [0.15, 0.2) is 18.2 Å². The highest BCUT2D eigenvalue weighted by atomic mass is 19.1. The van der Waals surface area contributed by atoms with Gasteiger partial charge in [0, 0.05) is 18.2 Å². The molecule has 0 fully saturated rings. The molecule has 20 heavy (non-hydrogen) atoms. The summed E-state index contributed by atoms with van der Waals surface area (Å²) >= 11 is 0. The van der Waals surface area contributed by atoms with Gasteiger partial charge in [0.05, 0.1) is 0 Å². The molecule has 3 N–H and O–H groups in total. The van der Waals surface area contributed by atoms with E-state index in [1.54, 1.807) is 13.0 Å². The number of nitrogens with one attached hydrogen (secondary N) is 1. The Morgan fingerprint density at radius 2 is 2.05 bits per heavy atom.